The fraction of sp³-hybridized carbons (Fsp3) is 0.0714. The number of nitrogen functional groups attached to an aromatic ring is 1. The van der Waals surface area contributed by atoms with Gasteiger partial charge in [0.1, 0.15) is 5.84 Å². The van der Waals surface area contributed by atoms with Gasteiger partial charge in [-0.25, -0.2) is 0 Å². The second-order valence-corrected chi connectivity index (χ2v) is 3.83. The summed E-state index contributed by atoms with van der Waals surface area (Å²) >= 11 is 0. The predicted octanol–water partition coefficient (Wildman–Crippen LogP) is 2.95. The highest BCUT2D eigenvalue weighted by atomic mass is 14.7. The third kappa shape index (κ3) is 1.96. The van der Waals surface area contributed by atoms with Crippen LogP contribution in [0.15, 0.2) is 48.5 Å². The van der Waals surface area contributed by atoms with Crippen molar-refractivity contribution in [3.63, 3.8) is 0 Å². The first-order valence-electron chi connectivity index (χ1n) is 5.19. The molecule has 0 spiro atoms. The zero-order chi connectivity index (χ0) is 11.5. The molecule has 0 aliphatic heterocycles. The summed E-state index contributed by atoms with van der Waals surface area (Å²) in [5.41, 5.74) is 9.68. The van der Waals surface area contributed by atoms with E-state index in [0.717, 1.165) is 16.7 Å². The molecule has 2 heteroatoms. The van der Waals surface area contributed by atoms with Gasteiger partial charge in [-0.2, -0.15) is 0 Å². The Kier molecular flexibility index (Phi) is 2.73. The first kappa shape index (κ1) is 10.4. The van der Waals surface area contributed by atoms with E-state index in [0.29, 0.717) is 0 Å². The molecule has 0 heterocycles. The van der Waals surface area contributed by atoms with E-state index in [-0.39, 0.29) is 5.84 Å². The maximum atomic E-state index is 7.55. The molecule has 2 aromatic rings. The summed E-state index contributed by atoms with van der Waals surface area (Å²) in [6.45, 7) is 2.06. The molecule has 0 radical (unpaired) electrons. The highest BCUT2D eigenvalue weighted by Crippen LogP contribution is 2.23. The standard InChI is InChI=1S/C14H14N2/c1-10-6-8-11(9-7-10)12-4-2-3-5-13(12)14(15)16/h2-9H,1H3,(H3,15,16). The minimum atomic E-state index is 0.108. The Morgan fingerprint density at radius 3 is 2.25 bits per heavy atom. The Labute approximate surface area is 95.2 Å². The summed E-state index contributed by atoms with van der Waals surface area (Å²) in [4.78, 5) is 0. The highest BCUT2D eigenvalue weighted by Gasteiger charge is 2.05. The molecule has 0 amide bonds. The largest absolute Gasteiger partial charge is 0.384 e. The molecule has 16 heavy (non-hydrogen) atoms. The molecule has 2 rings (SSSR count). The van der Waals surface area contributed by atoms with E-state index < -0.39 is 0 Å². The molecule has 0 aliphatic rings. The van der Waals surface area contributed by atoms with Crippen LogP contribution in [0.2, 0.25) is 0 Å². The average molecular weight is 210 g/mol. The molecular weight excluding hydrogens is 196 g/mol. The van der Waals surface area contributed by atoms with E-state index in [1.54, 1.807) is 0 Å². The van der Waals surface area contributed by atoms with Gasteiger partial charge >= 0.3 is 0 Å². The molecular formula is C14H14N2. The monoisotopic (exact) mass is 210 g/mol. The molecule has 0 bridgehead atoms. The molecule has 0 aliphatic carbocycles. The minimum absolute atomic E-state index is 0.108. The molecule has 0 unspecified atom stereocenters. The van der Waals surface area contributed by atoms with Gasteiger partial charge < -0.3 is 5.73 Å². The zero-order valence-electron chi connectivity index (χ0n) is 9.20. The van der Waals surface area contributed by atoms with Crippen LogP contribution in [0.3, 0.4) is 0 Å². The quantitative estimate of drug-likeness (QED) is 0.581. The van der Waals surface area contributed by atoms with E-state index >= 15 is 0 Å². The Morgan fingerprint density at radius 2 is 1.62 bits per heavy atom. The molecule has 0 atom stereocenters. The SMILES string of the molecule is Cc1ccc(-c2ccccc2C(=N)N)cc1. The molecule has 3 N–H and O–H groups in total. The van der Waals surface area contributed by atoms with E-state index in [4.69, 9.17) is 11.1 Å². The lowest BCUT2D eigenvalue weighted by atomic mass is 9.98. The van der Waals surface area contributed by atoms with Crippen molar-refractivity contribution in [1.82, 2.24) is 0 Å². The number of nitrogens with two attached hydrogens (primary N) is 1. The maximum Gasteiger partial charge on any atom is 0.123 e. The van der Waals surface area contributed by atoms with Crippen molar-refractivity contribution in [2.24, 2.45) is 5.73 Å². The van der Waals surface area contributed by atoms with Crippen LogP contribution in [-0.2, 0) is 0 Å². The van der Waals surface area contributed by atoms with Crippen LogP contribution in [-0.4, -0.2) is 5.84 Å². The van der Waals surface area contributed by atoms with Crippen LogP contribution in [0, 0.1) is 12.3 Å². The summed E-state index contributed by atoms with van der Waals surface area (Å²) in [5.74, 6) is 0.108. The summed E-state index contributed by atoms with van der Waals surface area (Å²) < 4.78 is 0. The second kappa shape index (κ2) is 4.19. The number of rotatable bonds is 2. The van der Waals surface area contributed by atoms with Crippen LogP contribution in [0.25, 0.3) is 11.1 Å². The summed E-state index contributed by atoms with van der Waals surface area (Å²) in [7, 11) is 0. The third-order valence-electron chi connectivity index (χ3n) is 2.58. The van der Waals surface area contributed by atoms with Gasteiger partial charge in [0, 0.05) is 5.56 Å². The van der Waals surface area contributed by atoms with Gasteiger partial charge in [0.2, 0.25) is 0 Å². The van der Waals surface area contributed by atoms with Gasteiger partial charge in [-0.15, -0.1) is 0 Å². The molecule has 2 nitrogen and oxygen atoms in total. The third-order valence-corrected chi connectivity index (χ3v) is 2.58. The predicted molar refractivity (Wildman–Crippen MR) is 67.6 cm³/mol. The van der Waals surface area contributed by atoms with Crippen molar-refractivity contribution in [2.75, 3.05) is 0 Å². The van der Waals surface area contributed by atoms with Gasteiger partial charge in [0.15, 0.2) is 0 Å². The van der Waals surface area contributed by atoms with Crippen LogP contribution >= 0.6 is 0 Å². The van der Waals surface area contributed by atoms with E-state index in [2.05, 4.69) is 31.2 Å². The first-order chi connectivity index (χ1) is 7.68. The number of hydrogen-bond acceptors (Lipinski definition) is 1. The molecule has 2 aromatic carbocycles. The Hall–Kier alpha value is -2.09. The van der Waals surface area contributed by atoms with Crippen molar-refractivity contribution in [3.8, 4) is 11.1 Å². The van der Waals surface area contributed by atoms with Gasteiger partial charge in [0.05, 0.1) is 0 Å². The Balaban J connectivity index is 2.55. The van der Waals surface area contributed by atoms with Crippen molar-refractivity contribution >= 4 is 5.84 Å². The second-order valence-electron chi connectivity index (χ2n) is 3.83. The van der Waals surface area contributed by atoms with E-state index in [1.165, 1.54) is 5.56 Å². The fourth-order valence-corrected chi connectivity index (χ4v) is 1.70. The minimum Gasteiger partial charge on any atom is -0.384 e. The smallest absolute Gasteiger partial charge is 0.123 e. The molecule has 80 valence electrons. The van der Waals surface area contributed by atoms with Gasteiger partial charge in [0.25, 0.3) is 0 Å². The van der Waals surface area contributed by atoms with Gasteiger partial charge in [-0.1, -0.05) is 54.1 Å². The van der Waals surface area contributed by atoms with Crippen molar-refractivity contribution < 1.29 is 0 Å². The average Bonchev–Trinajstić information content (AvgIpc) is 2.30. The maximum absolute atomic E-state index is 7.55. The van der Waals surface area contributed by atoms with Crippen LogP contribution < -0.4 is 5.73 Å². The van der Waals surface area contributed by atoms with Crippen LogP contribution in [0.4, 0.5) is 0 Å². The molecule has 0 saturated carbocycles. The number of hydrogen-bond donors (Lipinski definition) is 2. The van der Waals surface area contributed by atoms with Gasteiger partial charge in [-0.05, 0) is 18.1 Å². The summed E-state index contributed by atoms with van der Waals surface area (Å²) in [6.07, 6.45) is 0. The number of benzene rings is 2. The Morgan fingerprint density at radius 1 is 1.00 bits per heavy atom. The van der Waals surface area contributed by atoms with Crippen LogP contribution in [0.5, 0.6) is 0 Å². The summed E-state index contributed by atoms with van der Waals surface area (Å²) in [6, 6.07) is 15.9. The first-order valence-corrected chi connectivity index (χ1v) is 5.19. The Bertz CT molecular complexity index is 513. The highest BCUT2D eigenvalue weighted by molar-refractivity contribution is 6.01. The lowest BCUT2D eigenvalue weighted by Crippen LogP contribution is -2.12. The number of nitrogens with one attached hydrogen (secondary N) is 1. The van der Waals surface area contributed by atoms with Crippen molar-refractivity contribution in [2.45, 2.75) is 6.92 Å². The topological polar surface area (TPSA) is 49.9 Å². The summed E-state index contributed by atoms with van der Waals surface area (Å²) in [5, 5.41) is 7.55. The van der Waals surface area contributed by atoms with Crippen molar-refractivity contribution in [1.29, 1.82) is 5.41 Å². The molecule has 0 saturated heterocycles. The van der Waals surface area contributed by atoms with Crippen molar-refractivity contribution in [3.05, 3.63) is 59.7 Å². The fourth-order valence-electron chi connectivity index (χ4n) is 1.70. The van der Waals surface area contributed by atoms with E-state index in [1.807, 2.05) is 24.3 Å². The molecule has 0 fully saturated rings. The molecule has 0 aromatic heterocycles. The number of amidine groups is 1. The lowest BCUT2D eigenvalue weighted by molar-refractivity contribution is 1.42. The van der Waals surface area contributed by atoms with E-state index in [9.17, 15) is 0 Å². The lowest BCUT2D eigenvalue weighted by Gasteiger charge is -2.08. The zero-order valence-corrected chi connectivity index (χ0v) is 9.20. The van der Waals surface area contributed by atoms with Crippen LogP contribution in [0.1, 0.15) is 11.1 Å². The normalized spacial score (nSPS) is 10.1. The number of aryl methyl sites for hydroxylation is 1. The van der Waals surface area contributed by atoms with Gasteiger partial charge in [-0.3, -0.25) is 5.41 Å².